The summed E-state index contributed by atoms with van der Waals surface area (Å²) in [7, 11) is 0. The smallest absolute Gasteiger partial charge is 0.349 e. The summed E-state index contributed by atoms with van der Waals surface area (Å²) in [5.74, 6) is -1.27. The minimum atomic E-state index is -1.17. The molecular weight excluding hydrogens is 349 g/mol. The van der Waals surface area contributed by atoms with Crippen molar-refractivity contribution in [3.8, 4) is 10.9 Å². The van der Waals surface area contributed by atoms with E-state index in [1.807, 2.05) is 0 Å². The molecule has 0 fully saturated rings. The van der Waals surface area contributed by atoms with Crippen molar-refractivity contribution in [1.82, 2.24) is 4.98 Å². The van der Waals surface area contributed by atoms with E-state index in [-0.39, 0.29) is 19.7 Å². The molecule has 2 aromatic rings. The zero-order valence-corrected chi connectivity index (χ0v) is 11.6. The molecule has 0 spiro atoms. The van der Waals surface area contributed by atoms with E-state index in [4.69, 9.17) is 21.4 Å². The number of rotatable bonds is 3. The van der Waals surface area contributed by atoms with Crippen LogP contribution in [0.2, 0.25) is 5.15 Å². The number of aromatic carboxylic acids is 1. The minimum Gasteiger partial charge on any atom is -0.477 e. The molecule has 0 aliphatic rings. The zero-order valence-electron chi connectivity index (χ0n) is 8.49. The number of hydrogen-bond donors (Lipinski definition) is 1. The summed E-state index contributed by atoms with van der Waals surface area (Å²) in [5.41, 5.74) is 0. The highest BCUT2D eigenvalue weighted by molar-refractivity contribution is 9.10. The Labute approximate surface area is 118 Å². The van der Waals surface area contributed by atoms with Gasteiger partial charge in [-0.3, -0.25) is 0 Å². The summed E-state index contributed by atoms with van der Waals surface area (Å²) in [4.78, 5) is 14.4. The Kier molecular flexibility index (Phi) is 3.84. The normalized spacial score (nSPS) is 10.4. The molecule has 18 heavy (non-hydrogen) atoms. The fraction of sp³-hybridized carbons (Fsp3) is 0. The summed E-state index contributed by atoms with van der Waals surface area (Å²) in [6.45, 7) is 0. The molecule has 0 saturated heterocycles. The van der Waals surface area contributed by atoms with Gasteiger partial charge in [0.15, 0.2) is 10.0 Å². The van der Waals surface area contributed by atoms with Crippen LogP contribution in [0.4, 0.5) is 4.39 Å². The summed E-state index contributed by atoms with van der Waals surface area (Å²) in [5, 5.41) is 8.74. The largest absolute Gasteiger partial charge is 0.477 e. The maximum absolute atomic E-state index is 13.0. The molecule has 1 heterocycles. The molecule has 8 heteroatoms. The van der Waals surface area contributed by atoms with Gasteiger partial charge in [-0.2, -0.15) is 4.98 Å². The van der Waals surface area contributed by atoms with Crippen LogP contribution in [-0.2, 0) is 0 Å². The van der Waals surface area contributed by atoms with Crippen LogP contribution in [0.3, 0.4) is 0 Å². The first-order valence-corrected chi connectivity index (χ1v) is 6.48. The van der Waals surface area contributed by atoms with E-state index in [2.05, 4.69) is 20.9 Å². The number of nitrogens with zero attached hydrogens (tertiary/aromatic N) is 1. The molecule has 0 amide bonds. The van der Waals surface area contributed by atoms with Gasteiger partial charge in [0, 0.05) is 0 Å². The number of benzene rings is 1. The Morgan fingerprint density at radius 3 is 2.83 bits per heavy atom. The number of ether oxygens (including phenoxy) is 1. The van der Waals surface area contributed by atoms with Gasteiger partial charge in [0.1, 0.15) is 11.6 Å². The minimum absolute atomic E-state index is 0.0795. The maximum atomic E-state index is 13.0. The lowest BCUT2D eigenvalue weighted by atomic mass is 10.3. The first kappa shape index (κ1) is 13.3. The number of halogens is 3. The third-order valence-corrected chi connectivity index (χ3v) is 3.77. The molecule has 0 aliphatic heterocycles. The Bertz CT molecular complexity index is 619. The van der Waals surface area contributed by atoms with Crippen LogP contribution in [0.25, 0.3) is 0 Å². The van der Waals surface area contributed by atoms with E-state index in [1.54, 1.807) is 0 Å². The molecular formula is C10H4BrClFNO3S. The van der Waals surface area contributed by atoms with Gasteiger partial charge in [-0.25, -0.2) is 9.18 Å². The lowest BCUT2D eigenvalue weighted by Crippen LogP contribution is -1.91. The Morgan fingerprint density at radius 1 is 1.56 bits per heavy atom. The van der Waals surface area contributed by atoms with Crippen LogP contribution in [0, 0.1) is 5.82 Å². The average molecular weight is 353 g/mol. The lowest BCUT2D eigenvalue weighted by Gasteiger charge is -2.02. The van der Waals surface area contributed by atoms with Gasteiger partial charge < -0.3 is 9.84 Å². The number of carboxylic acids is 1. The highest BCUT2D eigenvalue weighted by atomic mass is 79.9. The van der Waals surface area contributed by atoms with E-state index < -0.39 is 11.8 Å². The second kappa shape index (κ2) is 5.21. The summed E-state index contributed by atoms with van der Waals surface area (Å²) >= 11 is 9.44. The predicted octanol–water partition coefficient (Wildman–Crippen LogP) is 4.19. The molecule has 0 radical (unpaired) electrons. The van der Waals surface area contributed by atoms with Crippen LogP contribution in [0.15, 0.2) is 22.7 Å². The second-order valence-corrected chi connectivity index (χ2v) is 5.26. The van der Waals surface area contributed by atoms with Gasteiger partial charge in [0.2, 0.25) is 0 Å². The van der Waals surface area contributed by atoms with E-state index in [9.17, 15) is 9.18 Å². The monoisotopic (exact) mass is 351 g/mol. The first-order valence-electron chi connectivity index (χ1n) is 4.50. The Morgan fingerprint density at radius 2 is 2.28 bits per heavy atom. The molecule has 1 N–H and O–H groups in total. The molecule has 2 rings (SSSR count). The van der Waals surface area contributed by atoms with Crippen molar-refractivity contribution < 1.29 is 19.0 Å². The number of aromatic nitrogens is 1. The number of hydrogen-bond acceptors (Lipinski definition) is 4. The summed E-state index contributed by atoms with van der Waals surface area (Å²) in [6.07, 6.45) is 0. The topological polar surface area (TPSA) is 59.4 Å². The average Bonchev–Trinajstić information content (AvgIpc) is 2.65. The van der Waals surface area contributed by atoms with Gasteiger partial charge in [-0.15, -0.1) is 0 Å². The number of carbonyl (C=O) groups is 1. The van der Waals surface area contributed by atoms with Gasteiger partial charge in [-0.05, 0) is 34.1 Å². The van der Waals surface area contributed by atoms with Gasteiger partial charge >= 0.3 is 5.97 Å². The van der Waals surface area contributed by atoms with E-state index in [1.165, 1.54) is 18.2 Å². The van der Waals surface area contributed by atoms with Crippen LogP contribution in [-0.4, -0.2) is 16.1 Å². The van der Waals surface area contributed by atoms with Crippen molar-refractivity contribution in [1.29, 1.82) is 0 Å². The second-order valence-electron chi connectivity index (χ2n) is 3.08. The van der Waals surface area contributed by atoms with Crippen LogP contribution in [0.5, 0.6) is 10.9 Å². The number of carboxylic acid groups (broad SMARTS) is 1. The van der Waals surface area contributed by atoms with Crippen molar-refractivity contribution in [3.05, 3.63) is 38.5 Å². The SMILES string of the molecule is O=C(O)c1sc(Oc2ccc(F)c(Br)c2)nc1Cl. The fourth-order valence-corrected chi connectivity index (χ4v) is 2.45. The van der Waals surface area contributed by atoms with Gasteiger partial charge in [-0.1, -0.05) is 22.9 Å². The van der Waals surface area contributed by atoms with Crippen molar-refractivity contribution in [3.63, 3.8) is 0 Å². The number of thiazole rings is 1. The lowest BCUT2D eigenvalue weighted by molar-refractivity contribution is 0.0702. The molecule has 1 aromatic heterocycles. The van der Waals surface area contributed by atoms with Gasteiger partial charge in [0.05, 0.1) is 4.47 Å². The van der Waals surface area contributed by atoms with E-state index in [0.717, 1.165) is 11.3 Å². The molecule has 0 aliphatic carbocycles. The predicted molar refractivity (Wildman–Crippen MR) is 68.3 cm³/mol. The first-order chi connectivity index (χ1) is 8.47. The third kappa shape index (κ3) is 2.80. The molecule has 1 aromatic carbocycles. The van der Waals surface area contributed by atoms with Crippen molar-refractivity contribution in [2.24, 2.45) is 0 Å². The standard InChI is InChI=1S/C10H4BrClFNO3S/c11-5-3-4(1-2-6(5)13)17-10-14-8(12)7(18-10)9(15)16/h1-3H,(H,15,16). The molecule has 0 saturated carbocycles. The van der Waals surface area contributed by atoms with Crippen LogP contribution in [0.1, 0.15) is 9.67 Å². The van der Waals surface area contributed by atoms with Crippen LogP contribution >= 0.6 is 38.9 Å². The quantitative estimate of drug-likeness (QED) is 0.900. The van der Waals surface area contributed by atoms with Gasteiger partial charge in [0.25, 0.3) is 5.19 Å². The zero-order chi connectivity index (χ0) is 13.3. The fourth-order valence-electron chi connectivity index (χ4n) is 1.10. The van der Waals surface area contributed by atoms with Crippen LogP contribution < -0.4 is 4.74 Å². The Balaban J connectivity index is 2.26. The molecule has 0 atom stereocenters. The van der Waals surface area contributed by atoms with Crippen molar-refractivity contribution in [2.45, 2.75) is 0 Å². The maximum Gasteiger partial charge on any atom is 0.349 e. The van der Waals surface area contributed by atoms with Crippen molar-refractivity contribution in [2.75, 3.05) is 0 Å². The third-order valence-electron chi connectivity index (χ3n) is 1.86. The molecule has 4 nitrogen and oxygen atoms in total. The van der Waals surface area contributed by atoms with E-state index >= 15 is 0 Å². The van der Waals surface area contributed by atoms with E-state index in [0.29, 0.717) is 5.75 Å². The van der Waals surface area contributed by atoms with Crippen molar-refractivity contribution >= 4 is 44.8 Å². The highest BCUT2D eigenvalue weighted by Crippen LogP contribution is 2.33. The molecule has 0 unspecified atom stereocenters. The Hall–Kier alpha value is -1.18. The molecule has 0 bridgehead atoms. The summed E-state index contributed by atoms with van der Waals surface area (Å²) in [6, 6.07) is 4.02. The highest BCUT2D eigenvalue weighted by Gasteiger charge is 2.17. The summed E-state index contributed by atoms with van der Waals surface area (Å²) < 4.78 is 18.5. The molecule has 94 valence electrons.